The average molecular weight is 263 g/mol. The highest BCUT2D eigenvalue weighted by atomic mass is 14.9. The Hall–Kier alpha value is -2.22. The number of pyridine rings is 2. The van der Waals surface area contributed by atoms with Crippen molar-refractivity contribution in [3.05, 3.63) is 59.3 Å². The van der Waals surface area contributed by atoms with Gasteiger partial charge < -0.3 is 0 Å². The van der Waals surface area contributed by atoms with Gasteiger partial charge in [0.1, 0.15) is 12.6 Å². The zero-order valence-corrected chi connectivity index (χ0v) is 12.4. The Morgan fingerprint density at radius 2 is 1.80 bits per heavy atom. The molecule has 2 heterocycles. The number of nitrogens with zero attached hydrogens (tertiary/aromatic N) is 2. The molecule has 3 rings (SSSR count). The van der Waals surface area contributed by atoms with Gasteiger partial charge in [0.15, 0.2) is 0 Å². The molecular weight excluding hydrogens is 244 g/mol. The van der Waals surface area contributed by atoms with Crippen molar-refractivity contribution in [3.63, 3.8) is 0 Å². The topological polar surface area (TPSA) is 16.8 Å². The quantitative estimate of drug-likeness (QED) is 0.612. The van der Waals surface area contributed by atoms with E-state index in [-0.39, 0.29) is 0 Å². The number of fused-ring (bicyclic) bond motifs is 1. The molecule has 0 saturated heterocycles. The monoisotopic (exact) mass is 263 g/mol. The molecule has 0 spiro atoms. The van der Waals surface area contributed by atoms with Crippen molar-refractivity contribution in [1.82, 2.24) is 4.98 Å². The first-order chi connectivity index (χ1) is 9.58. The van der Waals surface area contributed by atoms with Crippen LogP contribution < -0.4 is 4.57 Å². The van der Waals surface area contributed by atoms with E-state index in [4.69, 9.17) is 0 Å². The van der Waals surface area contributed by atoms with Crippen LogP contribution in [0.15, 0.2) is 42.6 Å². The third kappa shape index (κ3) is 1.97. The number of aryl methyl sites for hydroxylation is 3. The third-order valence-electron chi connectivity index (χ3n) is 4.03. The SMILES string of the molecule is Cc1cc(C)c(C)c(-c2ccc3ncccc3[n+]2C)c1. The lowest BCUT2D eigenvalue weighted by atomic mass is 9.97. The van der Waals surface area contributed by atoms with Crippen LogP contribution in [0.2, 0.25) is 0 Å². The second-order valence-corrected chi connectivity index (χ2v) is 5.44. The van der Waals surface area contributed by atoms with Crippen molar-refractivity contribution in [2.75, 3.05) is 0 Å². The predicted octanol–water partition coefficient (Wildman–Crippen LogP) is 3.65. The summed E-state index contributed by atoms with van der Waals surface area (Å²) in [5.74, 6) is 0. The van der Waals surface area contributed by atoms with Crippen LogP contribution in [0.5, 0.6) is 0 Å². The molecule has 2 heteroatoms. The maximum atomic E-state index is 4.41. The molecule has 0 unspecified atom stereocenters. The molecule has 0 bridgehead atoms. The fourth-order valence-corrected chi connectivity index (χ4v) is 2.80. The fraction of sp³-hybridized carbons (Fsp3) is 0.222. The summed E-state index contributed by atoms with van der Waals surface area (Å²) in [6, 6.07) is 12.9. The van der Waals surface area contributed by atoms with Crippen LogP contribution in [-0.4, -0.2) is 4.98 Å². The predicted molar refractivity (Wildman–Crippen MR) is 82.6 cm³/mol. The summed E-state index contributed by atoms with van der Waals surface area (Å²) in [4.78, 5) is 4.41. The van der Waals surface area contributed by atoms with Gasteiger partial charge in [0.05, 0.1) is 0 Å². The van der Waals surface area contributed by atoms with Gasteiger partial charge in [-0.1, -0.05) is 11.6 Å². The zero-order valence-electron chi connectivity index (χ0n) is 12.4. The van der Waals surface area contributed by atoms with Crippen molar-refractivity contribution in [3.8, 4) is 11.3 Å². The maximum Gasteiger partial charge on any atom is 0.231 e. The van der Waals surface area contributed by atoms with Crippen LogP contribution in [0.25, 0.3) is 22.3 Å². The molecule has 20 heavy (non-hydrogen) atoms. The Balaban J connectivity index is 2.33. The summed E-state index contributed by atoms with van der Waals surface area (Å²) in [7, 11) is 2.11. The van der Waals surface area contributed by atoms with Gasteiger partial charge in [-0.3, -0.25) is 0 Å². The molecule has 100 valence electrons. The van der Waals surface area contributed by atoms with Gasteiger partial charge in [-0.2, -0.15) is 4.57 Å². The van der Waals surface area contributed by atoms with E-state index in [9.17, 15) is 0 Å². The van der Waals surface area contributed by atoms with Crippen molar-refractivity contribution in [2.24, 2.45) is 7.05 Å². The number of aromatic nitrogens is 2. The molecule has 0 aliphatic heterocycles. The Bertz CT molecular complexity index is 804. The molecule has 0 aliphatic rings. The molecule has 0 amide bonds. The van der Waals surface area contributed by atoms with Crippen molar-refractivity contribution in [2.45, 2.75) is 20.8 Å². The minimum Gasteiger partial charge on any atom is -0.250 e. The molecule has 0 N–H and O–H groups in total. The third-order valence-corrected chi connectivity index (χ3v) is 4.03. The van der Waals surface area contributed by atoms with E-state index in [0.717, 1.165) is 11.0 Å². The first-order valence-corrected chi connectivity index (χ1v) is 6.90. The molecule has 0 atom stereocenters. The summed E-state index contributed by atoms with van der Waals surface area (Å²) >= 11 is 0. The molecule has 0 fully saturated rings. The van der Waals surface area contributed by atoms with Gasteiger partial charge in [-0.15, -0.1) is 0 Å². The van der Waals surface area contributed by atoms with Crippen LogP contribution in [0, 0.1) is 20.8 Å². The lowest BCUT2D eigenvalue weighted by Crippen LogP contribution is -2.32. The highest BCUT2D eigenvalue weighted by Crippen LogP contribution is 2.25. The Labute approximate surface area is 119 Å². The molecule has 0 aliphatic carbocycles. The maximum absolute atomic E-state index is 4.41. The van der Waals surface area contributed by atoms with Gasteiger partial charge in [-0.25, -0.2) is 4.98 Å². The largest absolute Gasteiger partial charge is 0.250 e. The first kappa shape index (κ1) is 12.8. The zero-order chi connectivity index (χ0) is 14.3. The highest BCUT2D eigenvalue weighted by Gasteiger charge is 2.17. The molecule has 3 aromatic rings. The van der Waals surface area contributed by atoms with Gasteiger partial charge in [0, 0.05) is 23.9 Å². The van der Waals surface area contributed by atoms with Gasteiger partial charge in [0.25, 0.3) is 0 Å². The molecule has 0 saturated carbocycles. The van der Waals surface area contributed by atoms with Crippen molar-refractivity contribution < 1.29 is 4.57 Å². The van der Waals surface area contributed by atoms with Gasteiger partial charge >= 0.3 is 0 Å². The number of rotatable bonds is 1. The van der Waals surface area contributed by atoms with Crippen molar-refractivity contribution in [1.29, 1.82) is 0 Å². The second kappa shape index (κ2) is 4.71. The Kier molecular flexibility index (Phi) is 3.01. The normalized spacial score (nSPS) is 11.0. The second-order valence-electron chi connectivity index (χ2n) is 5.44. The summed E-state index contributed by atoms with van der Waals surface area (Å²) in [5, 5.41) is 0. The number of hydrogen-bond donors (Lipinski definition) is 0. The standard InChI is InChI=1S/C18H19N2/c1-12-10-13(2)14(3)15(11-12)17-8-7-16-18(20(17)4)6-5-9-19-16/h5-11H,1-4H3/q+1. The van der Waals surface area contributed by atoms with E-state index in [2.05, 4.69) is 67.7 Å². The van der Waals surface area contributed by atoms with Crippen molar-refractivity contribution >= 4 is 11.0 Å². The van der Waals surface area contributed by atoms with E-state index in [1.54, 1.807) is 0 Å². The highest BCUT2D eigenvalue weighted by molar-refractivity contribution is 5.74. The smallest absolute Gasteiger partial charge is 0.231 e. The summed E-state index contributed by atoms with van der Waals surface area (Å²) < 4.78 is 2.23. The molecular formula is C18H19N2+. The average Bonchev–Trinajstić information content (AvgIpc) is 2.44. The Morgan fingerprint density at radius 1 is 1.00 bits per heavy atom. The molecule has 1 aromatic carbocycles. The lowest BCUT2D eigenvalue weighted by molar-refractivity contribution is -0.633. The minimum absolute atomic E-state index is 1.03. The van der Waals surface area contributed by atoms with E-state index < -0.39 is 0 Å². The lowest BCUT2D eigenvalue weighted by Gasteiger charge is -2.10. The number of benzene rings is 1. The molecule has 0 radical (unpaired) electrons. The summed E-state index contributed by atoms with van der Waals surface area (Å²) in [6.07, 6.45) is 1.84. The van der Waals surface area contributed by atoms with E-state index in [1.165, 1.54) is 27.9 Å². The van der Waals surface area contributed by atoms with Crippen LogP contribution in [0.4, 0.5) is 0 Å². The molecule has 2 aromatic heterocycles. The van der Waals surface area contributed by atoms with Crippen LogP contribution in [0.3, 0.4) is 0 Å². The Morgan fingerprint density at radius 3 is 2.60 bits per heavy atom. The van der Waals surface area contributed by atoms with Crippen LogP contribution in [-0.2, 0) is 7.05 Å². The molecule has 2 nitrogen and oxygen atoms in total. The van der Waals surface area contributed by atoms with Gasteiger partial charge in [-0.05, 0) is 50.1 Å². The minimum atomic E-state index is 1.03. The van der Waals surface area contributed by atoms with E-state index in [1.807, 2.05) is 12.3 Å². The number of hydrogen-bond acceptors (Lipinski definition) is 1. The van der Waals surface area contributed by atoms with E-state index >= 15 is 0 Å². The first-order valence-electron chi connectivity index (χ1n) is 6.90. The van der Waals surface area contributed by atoms with Gasteiger partial charge in [0.2, 0.25) is 11.2 Å². The summed E-state index contributed by atoms with van der Waals surface area (Å²) in [6.45, 7) is 6.52. The summed E-state index contributed by atoms with van der Waals surface area (Å²) in [5.41, 5.74) is 8.70. The van der Waals surface area contributed by atoms with Crippen LogP contribution in [0.1, 0.15) is 16.7 Å². The van der Waals surface area contributed by atoms with Crippen LogP contribution >= 0.6 is 0 Å². The fourth-order valence-electron chi connectivity index (χ4n) is 2.80. The van der Waals surface area contributed by atoms with E-state index in [0.29, 0.717) is 0 Å².